The van der Waals surface area contributed by atoms with Crippen molar-refractivity contribution < 1.29 is 19.1 Å². The molecule has 6 heteroatoms. The molecule has 2 bridgehead atoms. The van der Waals surface area contributed by atoms with E-state index < -0.39 is 23.6 Å². The van der Waals surface area contributed by atoms with E-state index in [4.69, 9.17) is 0 Å². The van der Waals surface area contributed by atoms with Crippen molar-refractivity contribution in [2.45, 2.75) is 19.3 Å². The maximum Gasteiger partial charge on any atom is 0.307 e. The number of hydrogen-bond donors (Lipinski definition) is 2. The van der Waals surface area contributed by atoms with E-state index in [-0.39, 0.29) is 23.4 Å². The first-order chi connectivity index (χ1) is 9.97. The van der Waals surface area contributed by atoms with E-state index in [0.717, 1.165) is 19.3 Å². The number of amides is 1. The smallest absolute Gasteiger partial charge is 0.307 e. The zero-order valence-electron chi connectivity index (χ0n) is 11.2. The zero-order valence-corrected chi connectivity index (χ0v) is 12.8. The monoisotopic (exact) mass is 355 g/mol. The molecule has 4 nitrogen and oxygen atoms in total. The van der Waals surface area contributed by atoms with Crippen LogP contribution < -0.4 is 5.32 Å². The van der Waals surface area contributed by atoms with E-state index in [1.807, 2.05) is 0 Å². The lowest BCUT2D eigenvalue weighted by molar-refractivity contribution is -0.148. The van der Waals surface area contributed by atoms with E-state index >= 15 is 0 Å². The summed E-state index contributed by atoms with van der Waals surface area (Å²) in [4.78, 5) is 23.8. The molecule has 2 saturated carbocycles. The Labute approximate surface area is 129 Å². The number of carbonyl (C=O) groups is 2. The molecule has 3 rings (SSSR count). The van der Waals surface area contributed by atoms with Crippen LogP contribution in [0.5, 0.6) is 0 Å². The average molecular weight is 356 g/mol. The number of halogens is 2. The van der Waals surface area contributed by atoms with Gasteiger partial charge in [0.2, 0.25) is 5.91 Å². The van der Waals surface area contributed by atoms with Crippen molar-refractivity contribution >= 4 is 33.5 Å². The molecule has 2 fully saturated rings. The van der Waals surface area contributed by atoms with Gasteiger partial charge < -0.3 is 10.4 Å². The normalized spacial score (nSPS) is 30.4. The van der Waals surface area contributed by atoms with Gasteiger partial charge in [-0.3, -0.25) is 9.59 Å². The van der Waals surface area contributed by atoms with Crippen molar-refractivity contribution in [3.05, 3.63) is 28.5 Å². The molecule has 0 heterocycles. The fourth-order valence-corrected chi connectivity index (χ4v) is 4.16. The summed E-state index contributed by atoms with van der Waals surface area (Å²) in [6.07, 6.45) is 2.55. The number of carboxylic acid groups (broad SMARTS) is 1. The summed E-state index contributed by atoms with van der Waals surface area (Å²) in [6.45, 7) is 0. The number of rotatable bonds is 3. The van der Waals surface area contributed by atoms with Gasteiger partial charge in [0.25, 0.3) is 0 Å². The number of hydrogen-bond acceptors (Lipinski definition) is 2. The Morgan fingerprint density at radius 3 is 2.52 bits per heavy atom. The van der Waals surface area contributed by atoms with Crippen molar-refractivity contribution in [3.63, 3.8) is 0 Å². The van der Waals surface area contributed by atoms with Crippen molar-refractivity contribution in [3.8, 4) is 0 Å². The van der Waals surface area contributed by atoms with Crippen LogP contribution in [0.25, 0.3) is 0 Å². The summed E-state index contributed by atoms with van der Waals surface area (Å²) >= 11 is 3.15. The Balaban J connectivity index is 1.80. The molecule has 1 aromatic rings. The van der Waals surface area contributed by atoms with Crippen LogP contribution in [-0.2, 0) is 9.59 Å². The Kier molecular flexibility index (Phi) is 3.73. The molecule has 1 aromatic carbocycles. The molecule has 2 N–H and O–H groups in total. The van der Waals surface area contributed by atoms with Gasteiger partial charge in [0.15, 0.2) is 0 Å². The Morgan fingerprint density at radius 1 is 1.24 bits per heavy atom. The van der Waals surface area contributed by atoms with Crippen LogP contribution >= 0.6 is 15.9 Å². The molecule has 0 radical (unpaired) electrons. The molecule has 2 aliphatic rings. The lowest BCUT2D eigenvalue weighted by Crippen LogP contribution is -2.38. The van der Waals surface area contributed by atoms with Crippen LogP contribution in [0.15, 0.2) is 22.7 Å². The topological polar surface area (TPSA) is 66.4 Å². The molecule has 1 amide bonds. The summed E-state index contributed by atoms with van der Waals surface area (Å²) in [7, 11) is 0. The van der Waals surface area contributed by atoms with Gasteiger partial charge in [0.05, 0.1) is 17.5 Å². The second-order valence-corrected chi connectivity index (χ2v) is 6.75. The maximum absolute atomic E-state index is 13.8. The van der Waals surface area contributed by atoms with E-state index in [1.165, 1.54) is 12.1 Å². The van der Waals surface area contributed by atoms with Crippen LogP contribution in [0.3, 0.4) is 0 Å². The van der Waals surface area contributed by atoms with Gasteiger partial charge in [-0.2, -0.15) is 0 Å². The van der Waals surface area contributed by atoms with Gasteiger partial charge in [0, 0.05) is 4.47 Å². The minimum atomic E-state index is -0.918. The van der Waals surface area contributed by atoms with Gasteiger partial charge in [-0.05, 0) is 49.3 Å². The highest BCUT2D eigenvalue weighted by atomic mass is 79.9. The van der Waals surface area contributed by atoms with E-state index in [2.05, 4.69) is 21.2 Å². The highest BCUT2D eigenvalue weighted by Crippen LogP contribution is 2.52. The quantitative estimate of drug-likeness (QED) is 0.874. The molecule has 112 valence electrons. The number of carboxylic acids is 1. The minimum Gasteiger partial charge on any atom is -0.481 e. The third-order valence-corrected chi connectivity index (χ3v) is 5.19. The molecule has 0 saturated heterocycles. The Hall–Kier alpha value is -1.43. The van der Waals surface area contributed by atoms with Crippen molar-refractivity contribution in [2.24, 2.45) is 23.7 Å². The third kappa shape index (κ3) is 2.57. The molecular formula is C15H15BrFNO3. The van der Waals surface area contributed by atoms with Crippen LogP contribution in [0.2, 0.25) is 0 Å². The van der Waals surface area contributed by atoms with Gasteiger partial charge in [-0.25, -0.2) is 4.39 Å². The van der Waals surface area contributed by atoms with Crippen molar-refractivity contribution in [1.82, 2.24) is 0 Å². The number of anilines is 1. The number of benzene rings is 1. The number of aliphatic carboxylic acids is 1. The van der Waals surface area contributed by atoms with E-state index in [1.54, 1.807) is 6.07 Å². The number of nitrogens with one attached hydrogen (secondary N) is 1. The molecule has 2 aliphatic carbocycles. The fourth-order valence-electron chi connectivity index (χ4n) is 3.83. The van der Waals surface area contributed by atoms with Gasteiger partial charge in [-0.15, -0.1) is 0 Å². The lowest BCUT2D eigenvalue weighted by atomic mass is 9.78. The standard InChI is InChI=1S/C15H15BrFNO3/c16-9-3-4-11(10(17)6-9)18-14(19)12-7-1-2-8(5-7)13(12)15(20)21/h3-4,6-8,12-13H,1-2,5H2,(H,18,19)(H,20,21)/t7-,8-,12-,13-/m0/s1. The number of carbonyl (C=O) groups excluding carboxylic acids is 1. The Bertz CT molecular complexity index is 607. The zero-order chi connectivity index (χ0) is 15.1. The van der Waals surface area contributed by atoms with Crippen LogP contribution in [0.4, 0.5) is 10.1 Å². The van der Waals surface area contributed by atoms with E-state index in [9.17, 15) is 19.1 Å². The molecular weight excluding hydrogens is 341 g/mol. The lowest BCUT2D eigenvalue weighted by Gasteiger charge is -2.27. The summed E-state index contributed by atoms with van der Waals surface area (Å²) in [5.41, 5.74) is 0.0927. The molecule has 0 spiro atoms. The third-order valence-electron chi connectivity index (χ3n) is 4.69. The second kappa shape index (κ2) is 5.40. The first-order valence-corrected chi connectivity index (χ1v) is 7.75. The number of fused-ring (bicyclic) bond motifs is 2. The first kappa shape index (κ1) is 14.5. The molecule has 0 aromatic heterocycles. The van der Waals surface area contributed by atoms with Gasteiger partial charge in [-0.1, -0.05) is 15.9 Å². The maximum atomic E-state index is 13.8. The summed E-state index contributed by atoms with van der Waals surface area (Å²) in [5.74, 6) is -2.83. The van der Waals surface area contributed by atoms with Crippen LogP contribution in [0.1, 0.15) is 19.3 Å². The predicted octanol–water partition coefficient (Wildman–Crippen LogP) is 3.27. The highest BCUT2D eigenvalue weighted by Gasteiger charge is 2.54. The first-order valence-electron chi connectivity index (χ1n) is 6.96. The molecule has 21 heavy (non-hydrogen) atoms. The summed E-state index contributed by atoms with van der Waals surface area (Å²) in [5, 5.41) is 11.9. The second-order valence-electron chi connectivity index (χ2n) is 5.84. The SMILES string of the molecule is O=C(O)[C@H]1[C@H]2CC[C@@H](C2)[C@@H]1C(=O)Nc1ccc(Br)cc1F. The van der Waals surface area contributed by atoms with Crippen LogP contribution in [-0.4, -0.2) is 17.0 Å². The van der Waals surface area contributed by atoms with Gasteiger partial charge in [0.1, 0.15) is 5.82 Å². The Morgan fingerprint density at radius 2 is 1.90 bits per heavy atom. The van der Waals surface area contributed by atoms with Gasteiger partial charge >= 0.3 is 5.97 Å². The highest BCUT2D eigenvalue weighted by molar-refractivity contribution is 9.10. The molecule has 0 unspecified atom stereocenters. The van der Waals surface area contributed by atoms with E-state index in [0.29, 0.717) is 4.47 Å². The van der Waals surface area contributed by atoms with Crippen molar-refractivity contribution in [1.29, 1.82) is 0 Å². The largest absolute Gasteiger partial charge is 0.481 e. The van der Waals surface area contributed by atoms with Crippen molar-refractivity contribution in [2.75, 3.05) is 5.32 Å². The molecule has 0 aliphatic heterocycles. The average Bonchev–Trinajstić information content (AvgIpc) is 3.02. The fraction of sp³-hybridized carbons (Fsp3) is 0.467. The summed E-state index contributed by atoms with van der Waals surface area (Å²) in [6, 6.07) is 4.37. The predicted molar refractivity (Wildman–Crippen MR) is 78.2 cm³/mol. The molecule has 4 atom stereocenters. The minimum absolute atomic E-state index is 0.0815. The summed E-state index contributed by atoms with van der Waals surface area (Å²) < 4.78 is 14.4. The van der Waals surface area contributed by atoms with Crippen LogP contribution in [0, 0.1) is 29.5 Å².